The summed E-state index contributed by atoms with van der Waals surface area (Å²) in [6.45, 7) is 5.69. The lowest BCUT2D eigenvalue weighted by Gasteiger charge is -2.39. The van der Waals surface area contributed by atoms with Crippen molar-refractivity contribution in [1.82, 2.24) is 9.80 Å². The maximum absolute atomic E-state index is 12.5. The molecule has 42 heavy (non-hydrogen) atoms. The third kappa shape index (κ3) is 9.39. The van der Waals surface area contributed by atoms with E-state index in [0.29, 0.717) is 36.0 Å². The number of ether oxygens (including phenoxy) is 5. The lowest BCUT2D eigenvalue weighted by molar-refractivity contribution is 0.0241. The van der Waals surface area contributed by atoms with Crippen molar-refractivity contribution in [2.75, 3.05) is 73.9 Å². The summed E-state index contributed by atoms with van der Waals surface area (Å²) in [5, 5.41) is 0.747. The first kappa shape index (κ1) is 35.5. The van der Waals surface area contributed by atoms with Gasteiger partial charge in [-0.25, -0.2) is 4.79 Å². The van der Waals surface area contributed by atoms with E-state index in [4.69, 9.17) is 35.3 Å². The Bertz CT molecular complexity index is 1200. The molecule has 1 aliphatic rings. The van der Waals surface area contributed by atoms with Crippen molar-refractivity contribution in [2.45, 2.75) is 6.04 Å². The maximum Gasteiger partial charge on any atom is 0.338 e. The van der Waals surface area contributed by atoms with Gasteiger partial charge in [-0.2, -0.15) is 0 Å². The van der Waals surface area contributed by atoms with E-state index in [1.54, 1.807) is 12.1 Å². The molecule has 1 heterocycles. The number of esters is 1. The minimum absolute atomic E-state index is 0. The van der Waals surface area contributed by atoms with Gasteiger partial charge in [-0.1, -0.05) is 54.1 Å². The number of hydrogen-bond donors (Lipinski definition) is 0. The molecule has 1 fully saturated rings. The molecule has 0 N–H and O–H groups in total. The molecule has 1 aliphatic heterocycles. The second-order valence-corrected chi connectivity index (χ2v) is 9.84. The van der Waals surface area contributed by atoms with Crippen LogP contribution in [-0.4, -0.2) is 89.6 Å². The van der Waals surface area contributed by atoms with E-state index in [-0.39, 0.29) is 37.5 Å². The van der Waals surface area contributed by atoms with E-state index in [0.717, 1.165) is 37.7 Å². The Balaban J connectivity index is 0.00000308. The third-order valence-corrected chi connectivity index (χ3v) is 7.24. The average molecular weight is 642 g/mol. The highest BCUT2D eigenvalue weighted by Crippen LogP contribution is 2.38. The van der Waals surface area contributed by atoms with Crippen LogP contribution in [0.2, 0.25) is 5.02 Å². The predicted molar refractivity (Wildman–Crippen MR) is 169 cm³/mol. The molecule has 0 aromatic heterocycles. The molecule has 0 radical (unpaired) electrons. The van der Waals surface area contributed by atoms with Gasteiger partial charge in [0.1, 0.15) is 6.61 Å². The lowest BCUT2D eigenvalue weighted by Crippen LogP contribution is -2.48. The number of methoxy groups -OCH3 is 3. The summed E-state index contributed by atoms with van der Waals surface area (Å²) in [5.74, 6) is 0.737. The monoisotopic (exact) mass is 640 g/mol. The highest BCUT2D eigenvalue weighted by molar-refractivity contribution is 6.30. The fraction of sp³-hybridized carbons (Fsp3) is 0.387. The van der Waals surface area contributed by atoms with Crippen LogP contribution in [0.1, 0.15) is 27.5 Å². The molecule has 3 aromatic carbocycles. The van der Waals surface area contributed by atoms with Gasteiger partial charge in [0, 0.05) is 37.7 Å². The van der Waals surface area contributed by atoms with Gasteiger partial charge >= 0.3 is 5.97 Å². The first-order chi connectivity index (χ1) is 19.5. The molecule has 0 saturated carbocycles. The molecule has 0 amide bonds. The third-order valence-electron chi connectivity index (χ3n) is 6.99. The van der Waals surface area contributed by atoms with Gasteiger partial charge in [0.2, 0.25) is 5.75 Å². The van der Waals surface area contributed by atoms with E-state index in [1.165, 1.54) is 32.5 Å². The Morgan fingerprint density at radius 2 is 1.38 bits per heavy atom. The molecule has 0 spiro atoms. The Labute approximate surface area is 265 Å². The average Bonchev–Trinajstić information content (AvgIpc) is 3.00. The van der Waals surface area contributed by atoms with Crippen LogP contribution in [0.15, 0.2) is 66.7 Å². The summed E-state index contributed by atoms with van der Waals surface area (Å²) >= 11 is 6.15. The normalized spacial score (nSPS) is 14.2. The van der Waals surface area contributed by atoms with Crippen LogP contribution < -0.4 is 14.2 Å². The van der Waals surface area contributed by atoms with Gasteiger partial charge < -0.3 is 23.7 Å². The Hall–Kier alpha value is -2.72. The highest BCUT2D eigenvalue weighted by Gasteiger charge is 2.26. The maximum atomic E-state index is 12.5. The molecule has 3 aromatic rings. The number of nitrogens with zero attached hydrogens (tertiary/aromatic N) is 2. The summed E-state index contributed by atoms with van der Waals surface area (Å²) in [6, 6.07) is 22.1. The first-order valence-electron chi connectivity index (χ1n) is 13.4. The van der Waals surface area contributed by atoms with Crippen LogP contribution in [0.4, 0.5) is 0 Å². The van der Waals surface area contributed by atoms with E-state index in [9.17, 15) is 4.79 Å². The largest absolute Gasteiger partial charge is 0.493 e. The van der Waals surface area contributed by atoms with Gasteiger partial charge in [0.05, 0.1) is 46.1 Å². The molecule has 1 atom stereocenters. The number of halogens is 3. The van der Waals surface area contributed by atoms with Crippen LogP contribution in [0.5, 0.6) is 17.2 Å². The molecular weight excluding hydrogens is 603 g/mol. The van der Waals surface area contributed by atoms with Crippen molar-refractivity contribution in [3.8, 4) is 17.2 Å². The highest BCUT2D eigenvalue weighted by atomic mass is 35.5. The molecule has 1 unspecified atom stereocenters. The minimum Gasteiger partial charge on any atom is -0.493 e. The molecular formula is C31H39Cl3N2O6. The molecule has 11 heteroatoms. The first-order valence-corrected chi connectivity index (χ1v) is 13.7. The molecule has 4 rings (SSSR count). The van der Waals surface area contributed by atoms with Crippen molar-refractivity contribution in [1.29, 1.82) is 0 Å². The molecule has 8 nitrogen and oxygen atoms in total. The summed E-state index contributed by atoms with van der Waals surface area (Å²) in [4.78, 5) is 17.5. The summed E-state index contributed by atoms with van der Waals surface area (Å²) in [5.41, 5.74) is 2.84. The minimum atomic E-state index is -0.479. The van der Waals surface area contributed by atoms with Gasteiger partial charge in [0.25, 0.3) is 0 Å². The van der Waals surface area contributed by atoms with Gasteiger partial charge in [-0.3, -0.25) is 9.80 Å². The van der Waals surface area contributed by atoms with Gasteiger partial charge in [-0.15, -0.1) is 24.8 Å². The topological polar surface area (TPSA) is 69.7 Å². The zero-order chi connectivity index (χ0) is 28.3. The Kier molecular flexibility index (Phi) is 15.3. The number of hydrogen-bond acceptors (Lipinski definition) is 8. The summed E-state index contributed by atoms with van der Waals surface area (Å²) in [7, 11) is 4.52. The fourth-order valence-corrected chi connectivity index (χ4v) is 5.04. The van der Waals surface area contributed by atoms with E-state index < -0.39 is 5.97 Å². The summed E-state index contributed by atoms with van der Waals surface area (Å²) in [6.07, 6.45) is 0. The predicted octanol–water partition coefficient (Wildman–Crippen LogP) is 5.79. The van der Waals surface area contributed by atoms with Crippen molar-refractivity contribution in [3.63, 3.8) is 0 Å². The van der Waals surface area contributed by atoms with Crippen molar-refractivity contribution in [2.24, 2.45) is 0 Å². The van der Waals surface area contributed by atoms with Crippen LogP contribution in [0, 0.1) is 0 Å². The van der Waals surface area contributed by atoms with Crippen molar-refractivity contribution >= 4 is 42.4 Å². The number of carbonyl (C=O) groups excluding carboxylic acids is 1. The van der Waals surface area contributed by atoms with Gasteiger partial charge in [0.15, 0.2) is 11.5 Å². The zero-order valence-corrected chi connectivity index (χ0v) is 26.5. The number of rotatable bonds is 13. The number of carbonyl (C=O) groups is 1. The molecule has 0 aliphatic carbocycles. The second-order valence-electron chi connectivity index (χ2n) is 9.40. The van der Waals surface area contributed by atoms with Gasteiger partial charge in [-0.05, 0) is 35.4 Å². The molecule has 230 valence electrons. The quantitative estimate of drug-likeness (QED) is 0.172. The van der Waals surface area contributed by atoms with Crippen LogP contribution in [-0.2, 0) is 9.47 Å². The van der Waals surface area contributed by atoms with Crippen LogP contribution >= 0.6 is 36.4 Å². The Morgan fingerprint density at radius 3 is 1.95 bits per heavy atom. The van der Waals surface area contributed by atoms with E-state index in [1.807, 2.05) is 12.1 Å². The molecule has 1 saturated heterocycles. The van der Waals surface area contributed by atoms with Crippen molar-refractivity contribution < 1.29 is 28.5 Å². The summed E-state index contributed by atoms with van der Waals surface area (Å²) < 4.78 is 27.0. The standard InChI is InChI=1S/C31H37ClN2O6.2ClH/c1-36-27-21-25(22-28(37-2)30(27)38-3)31(35)40-20-19-39-18-17-33-13-15-34(16-14-33)29(23-7-5-4-6-8-23)24-9-11-26(32)12-10-24;;/h4-12,21-22,29H,13-20H2,1-3H3;2*1H. The SMILES string of the molecule is COc1cc(C(=O)OCCOCCN2CCN(C(c3ccccc3)c3ccc(Cl)cc3)CC2)cc(OC)c1OC.Cl.Cl. The molecule has 0 bridgehead atoms. The lowest BCUT2D eigenvalue weighted by atomic mass is 9.96. The number of benzene rings is 3. The Morgan fingerprint density at radius 1 is 0.786 bits per heavy atom. The zero-order valence-electron chi connectivity index (χ0n) is 24.1. The van der Waals surface area contributed by atoms with Crippen molar-refractivity contribution in [3.05, 3.63) is 88.4 Å². The fourth-order valence-electron chi connectivity index (χ4n) is 4.91. The van der Waals surface area contributed by atoms with E-state index >= 15 is 0 Å². The van der Waals surface area contributed by atoms with Crippen LogP contribution in [0.3, 0.4) is 0 Å². The van der Waals surface area contributed by atoms with E-state index in [2.05, 4.69) is 52.3 Å². The van der Waals surface area contributed by atoms with Crippen LogP contribution in [0.25, 0.3) is 0 Å². The number of piperazine rings is 1. The second kappa shape index (κ2) is 18.1. The smallest absolute Gasteiger partial charge is 0.338 e.